The largest absolute Gasteiger partial charge is 0.573 e. The maximum atomic E-state index is 13.7. The average molecular weight is 560 g/mol. The maximum Gasteiger partial charge on any atom is 0.573 e. The summed E-state index contributed by atoms with van der Waals surface area (Å²) in [5.41, 5.74) is 4.28. The number of benzene rings is 1. The van der Waals surface area contributed by atoms with E-state index in [2.05, 4.69) is 10.1 Å². The summed E-state index contributed by atoms with van der Waals surface area (Å²) in [6.07, 6.45) is -5.75. The monoisotopic (exact) mass is 559 g/mol. The number of alkyl carbamates (subject to hydrolysis) is 1. The van der Waals surface area contributed by atoms with Gasteiger partial charge in [0.25, 0.3) is 0 Å². The summed E-state index contributed by atoms with van der Waals surface area (Å²) in [4.78, 5) is 39.2. The molecule has 0 aliphatic rings. The molecule has 2 rings (SSSR count). The van der Waals surface area contributed by atoms with Crippen molar-refractivity contribution in [2.75, 3.05) is 6.61 Å². The lowest BCUT2D eigenvalue weighted by Crippen LogP contribution is -2.49. The highest BCUT2D eigenvalue weighted by Crippen LogP contribution is 2.28. The molecule has 1 aromatic heterocycles. The quantitative estimate of drug-likeness (QED) is 0.339. The first-order valence-electron chi connectivity index (χ1n) is 11.8. The minimum absolute atomic E-state index is 0.0315. The van der Waals surface area contributed by atoms with E-state index in [0.717, 1.165) is 4.88 Å². The zero-order valence-electron chi connectivity index (χ0n) is 21.4. The van der Waals surface area contributed by atoms with Gasteiger partial charge in [-0.05, 0) is 57.5 Å². The van der Waals surface area contributed by atoms with Crippen molar-refractivity contribution in [3.63, 3.8) is 0 Å². The van der Waals surface area contributed by atoms with Crippen LogP contribution >= 0.6 is 11.3 Å². The van der Waals surface area contributed by atoms with Gasteiger partial charge in [-0.1, -0.05) is 24.3 Å². The van der Waals surface area contributed by atoms with Crippen molar-refractivity contribution in [3.05, 3.63) is 52.2 Å². The van der Waals surface area contributed by atoms with Gasteiger partial charge in [-0.3, -0.25) is 4.79 Å². The van der Waals surface area contributed by atoms with Crippen LogP contribution in [0, 0.1) is 0 Å². The van der Waals surface area contributed by atoms with Gasteiger partial charge in [0.15, 0.2) is 0 Å². The van der Waals surface area contributed by atoms with Gasteiger partial charge in [-0.15, -0.1) is 24.5 Å². The second-order valence-electron chi connectivity index (χ2n) is 9.29. The molecular formula is C25H32F3N3O6S. The number of ether oxygens (including phenoxy) is 3. The zero-order chi connectivity index (χ0) is 28.3. The number of alkyl halides is 3. The predicted octanol–water partition coefficient (Wildman–Crippen LogP) is 5.33. The van der Waals surface area contributed by atoms with E-state index in [1.807, 2.05) is 5.38 Å². The van der Waals surface area contributed by atoms with E-state index in [1.54, 1.807) is 39.0 Å². The minimum Gasteiger partial charge on any atom is -0.450 e. The first kappa shape index (κ1) is 30.7. The molecule has 38 heavy (non-hydrogen) atoms. The number of para-hydroxylation sites is 1. The Bertz CT molecular complexity index is 1060. The Morgan fingerprint density at radius 1 is 1.05 bits per heavy atom. The van der Waals surface area contributed by atoms with Crippen LogP contribution in [0.25, 0.3) is 0 Å². The van der Waals surface area contributed by atoms with Crippen molar-refractivity contribution in [3.8, 4) is 5.75 Å². The number of nitrogens with two attached hydrogens (primary N) is 1. The van der Waals surface area contributed by atoms with Gasteiger partial charge in [0.05, 0.1) is 13.2 Å². The normalized spacial score (nSPS) is 12.4. The van der Waals surface area contributed by atoms with Crippen molar-refractivity contribution < 1.29 is 41.8 Å². The van der Waals surface area contributed by atoms with Gasteiger partial charge < -0.3 is 30.2 Å². The van der Waals surface area contributed by atoms with E-state index in [0.29, 0.717) is 12.8 Å². The number of unbranched alkanes of at least 4 members (excludes halogenated alkanes) is 1. The topological polar surface area (TPSA) is 120 Å². The minimum atomic E-state index is -4.91. The Balaban J connectivity index is 2.30. The summed E-state index contributed by atoms with van der Waals surface area (Å²) < 4.78 is 53.1. The van der Waals surface area contributed by atoms with Crippen LogP contribution in [-0.4, -0.2) is 47.6 Å². The van der Waals surface area contributed by atoms with E-state index in [9.17, 15) is 27.6 Å². The van der Waals surface area contributed by atoms with Crippen LogP contribution in [0.5, 0.6) is 5.75 Å². The second-order valence-corrected chi connectivity index (χ2v) is 10.3. The molecule has 3 amide bonds. The molecule has 1 aromatic carbocycles. The van der Waals surface area contributed by atoms with E-state index in [4.69, 9.17) is 15.2 Å². The summed E-state index contributed by atoms with van der Waals surface area (Å²) in [5.74, 6) is -0.953. The standard InChI is InChI=1S/C25H32F3N3O6S/c1-24(2,3)37-23(34)30-19(11-6-7-13-35-22(29)33)21(32)31(16-18-10-8-14-38-18)15-17-9-4-5-12-20(17)36-25(26,27)28/h4-5,8-10,12,14,19H,6-7,11,13,15-16H2,1-3H3,(H2,29,33)(H,30,34)/t19-/m0/s1. The van der Waals surface area contributed by atoms with E-state index >= 15 is 0 Å². The number of amides is 3. The maximum absolute atomic E-state index is 13.7. The van der Waals surface area contributed by atoms with Crippen molar-refractivity contribution in [2.45, 2.75) is 71.1 Å². The molecule has 1 atom stereocenters. The molecule has 0 aliphatic heterocycles. The van der Waals surface area contributed by atoms with Crippen LogP contribution in [0.1, 0.15) is 50.5 Å². The number of nitrogens with one attached hydrogen (secondary N) is 1. The third-order valence-corrected chi connectivity index (χ3v) is 5.78. The molecule has 0 spiro atoms. The summed E-state index contributed by atoms with van der Waals surface area (Å²) >= 11 is 1.38. The summed E-state index contributed by atoms with van der Waals surface area (Å²) in [5, 5.41) is 4.39. The third-order valence-electron chi connectivity index (χ3n) is 4.92. The molecule has 0 bridgehead atoms. The molecule has 0 fully saturated rings. The molecule has 1 heterocycles. The van der Waals surface area contributed by atoms with E-state index in [1.165, 1.54) is 34.4 Å². The lowest BCUT2D eigenvalue weighted by atomic mass is 10.1. The van der Waals surface area contributed by atoms with Crippen LogP contribution < -0.4 is 15.8 Å². The first-order chi connectivity index (χ1) is 17.7. The fourth-order valence-electron chi connectivity index (χ4n) is 3.42. The van der Waals surface area contributed by atoms with Crippen molar-refractivity contribution in [1.82, 2.24) is 10.2 Å². The van der Waals surface area contributed by atoms with Gasteiger partial charge in [-0.2, -0.15) is 0 Å². The Morgan fingerprint density at radius 3 is 2.37 bits per heavy atom. The van der Waals surface area contributed by atoms with Crippen molar-refractivity contribution in [1.29, 1.82) is 0 Å². The fraction of sp³-hybridized carbons (Fsp3) is 0.480. The molecule has 13 heteroatoms. The van der Waals surface area contributed by atoms with Crippen molar-refractivity contribution in [2.24, 2.45) is 5.73 Å². The highest BCUT2D eigenvalue weighted by atomic mass is 32.1. The highest BCUT2D eigenvalue weighted by molar-refractivity contribution is 7.09. The Morgan fingerprint density at radius 2 is 1.76 bits per heavy atom. The van der Waals surface area contributed by atoms with Crippen LogP contribution in [0.3, 0.4) is 0 Å². The molecule has 210 valence electrons. The Hall–Kier alpha value is -3.48. The third kappa shape index (κ3) is 11.7. The van der Waals surface area contributed by atoms with E-state index in [-0.39, 0.29) is 31.7 Å². The van der Waals surface area contributed by atoms with Crippen LogP contribution in [-0.2, 0) is 27.4 Å². The molecule has 9 nitrogen and oxygen atoms in total. The van der Waals surface area contributed by atoms with Gasteiger partial charge in [0.1, 0.15) is 17.4 Å². The number of carbonyl (C=O) groups excluding carboxylic acids is 3. The van der Waals surface area contributed by atoms with Crippen molar-refractivity contribution >= 4 is 29.4 Å². The molecule has 0 unspecified atom stereocenters. The molecule has 0 aliphatic carbocycles. The van der Waals surface area contributed by atoms with Gasteiger partial charge in [0.2, 0.25) is 5.91 Å². The number of hydrogen-bond donors (Lipinski definition) is 2. The zero-order valence-corrected chi connectivity index (χ0v) is 22.2. The summed E-state index contributed by atoms with van der Waals surface area (Å²) in [6, 6.07) is 8.07. The van der Waals surface area contributed by atoms with Gasteiger partial charge >= 0.3 is 18.5 Å². The molecular weight excluding hydrogens is 527 g/mol. The second kappa shape index (κ2) is 13.9. The molecule has 2 aromatic rings. The summed E-state index contributed by atoms with van der Waals surface area (Å²) in [6.45, 7) is 4.93. The predicted molar refractivity (Wildman–Crippen MR) is 134 cm³/mol. The smallest absolute Gasteiger partial charge is 0.450 e. The Kier molecular flexibility index (Phi) is 11.2. The van der Waals surface area contributed by atoms with Gasteiger partial charge in [-0.25, -0.2) is 9.59 Å². The molecule has 3 N–H and O–H groups in total. The molecule has 0 saturated heterocycles. The SMILES string of the molecule is CC(C)(C)OC(=O)N[C@@H](CCCCOC(N)=O)C(=O)N(Cc1cccs1)Cc1ccccc1OC(F)(F)F. The number of rotatable bonds is 12. The Labute approximate surface area is 223 Å². The highest BCUT2D eigenvalue weighted by Gasteiger charge is 2.33. The lowest BCUT2D eigenvalue weighted by molar-refractivity contribution is -0.275. The number of nitrogens with zero attached hydrogens (tertiary/aromatic N) is 1. The molecule has 0 saturated carbocycles. The van der Waals surface area contributed by atoms with Gasteiger partial charge in [0, 0.05) is 17.0 Å². The number of thiophene rings is 1. The van der Waals surface area contributed by atoms with Crippen LogP contribution in [0.4, 0.5) is 22.8 Å². The number of primary amides is 1. The van der Waals surface area contributed by atoms with Crippen LogP contribution in [0.2, 0.25) is 0 Å². The number of hydrogen-bond acceptors (Lipinski definition) is 7. The summed E-state index contributed by atoms with van der Waals surface area (Å²) in [7, 11) is 0. The fourth-order valence-corrected chi connectivity index (χ4v) is 4.14. The van der Waals surface area contributed by atoms with Crippen LogP contribution in [0.15, 0.2) is 41.8 Å². The molecule has 0 radical (unpaired) electrons. The number of carbonyl (C=O) groups is 3. The average Bonchev–Trinajstić information content (AvgIpc) is 3.29. The number of halogens is 3. The first-order valence-corrected chi connectivity index (χ1v) is 12.7. The lowest BCUT2D eigenvalue weighted by Gasteiger charge is -2.29. The van der Waals surface area contributed by atoms with E-state index < -0.39 is 41.8 Å².